The van der Waals surface area contributed by atoms with E-state index >= 15 is 0 Å². The molecule has 0 spiro atoms. The Hall–Kier alpha value is -0.153. The van der Waals surface area contributed by atoms with Crippen molar-refractivity contribution in [2.24, 2.45) is 5.92 Å². The van der Waals surface area contributed by atoms with Crippen LogP contribution in [0.3, 0.4) is 0 Å². The third-order valence-corrected chi connectivity index (χ3v) is 7.91. The minimum atomic E-state index is -1.48. The van der Waals surface area contributed by atoms with Crippen LogP contribution in [0.4, 0.5) is 0 Å². The summed E-state index contributed by atoms with van der Waals surface area (Å²) in [6.45, 7) is 10.8. The van der Waals surface area contributed by atoms with Gasteiger partial charge in [0.2, 0.25) is 0 Å². The van der Waals surface area contributed by atoms with Gasteiger partial charge < -0.3 is 4.43 Å². The smallest absolute Gasteiger partial charge is 0.192 e. The quantitative estimate of drug-likeness (QED) is 0.611. The summed E-state index contributed by atoms with van der Waals surface area (Å²) in [5, 5.41) is 0. The number of Topliss-reactive ketones (excluding diaryl/α,β-unsaturated/α-hetero) is 1. The summed E-state index contributed by atoms with van der Waals surface area (Å²) in [4.78, 5) is 11.1. The highest BCUT2D eigenvalue weighted by molar-refractivity contribution is 6.73. The van der Waals surface area contributed by atoms with Crippen LogP contribution in [0, 0.1) is 5.92 Å². The molecular weight excluding hydrogens is 192 g/mol. The standard InChI is InChI=1S/C11H24O2Si/c1-6-14(7-2,8-3)13-9-10(4)11(5)12/h10H,6-9H2,1-5H3/t10-/m0/s1. The van der Waals surface area contributed by atoms with Crippen molar-refractivity contribution in [3.63, 3.8) is 0 Å². The van der Waals surface area contributed by atoms with E-state index in [1.165, 1.54) is 0 Å². The molecule has 0 aliphatic carbocycles. The summed E-state index contributed by atoms with van der Waals surface area (Å²) in [6, 6.07) is 3.47. The highest BCUT2D eigenvalue weighted by Crippen LogP contribution is 2.22. The second-order valence-corrected chi connectivity index (χ2v) is 8.84. The Kier molecular flexibility index (Phi) is 6.28. The van der Waals surface area contributed by atoms with E-state index in [9.17, 15) is 4.79 Å². The highest BCUT2D eigenvalue weighted by Gasteiger charge is 2.29. The van der Waals surface area contributed by atoms with Crippen LogP contribution in [0.25, 0.3) is 0 Å². The van der Waals surface area contributed by atoms with Crippen LogP contribution in [0.15, 0.2) is 0 Å². The van der Waals surface area contributed by atoms with Gasteiger partial charge >= 0.3 is 0 Å². The minimum Gasteiger partial charge on any atom is -0.416 e. The predicted molar refractivity (Wildman–Crippen MR) is 63.0 cm³/mol. The van der Waals surface area contributed by atoms with E-state index in [1.54, 1.807) is 6.92 Å². The van der Waals surface area contributed by atoms with E-state index in [-0.39, 0.29) is 11.7 Å². The lowest BCUT2D eigenvalue weighted by atomic mass is 10.1. The lowest BCUT2D eigenvalue weighted by Crippen LogP contribution is -2.37. The maximum Gasteiger partial charge on any atom is 0.192 e. The SMILES string of the molecule is CC[Si](CC)(CC)OC[C@H](C)C(C)=O. The lowest BCUT2D eigenvalue weighted by molar-refractivity contribution is -0.121. The van der Waals surface area contributed by atoms with Crippen molar-refractivity contribution in [3.8, 4) is 0 Å². The van der Waals surface area contributed by atoms with Crippen molar-refractivity contribution in [2.75, 3.05) is 6.61 Å². The molecule has 1 atom stereocenters. The maximum atomic E-state index is 11.1. The molecule has 0 amide bonds. The Balaban J connectivity index is 4.12. The average Bonchev–Trinajstić information content (AvgIpc) is 2.20. The van der Waals surface area contributed by atoms with Crippen LogP contribution in [0.1, 0.15) is 34.6 Å². The topological polar surface area (TPSA) is 26.3 Å². The molecule has 0 saturated carbocycles. The Morgan fingerprint density at radius 3 is 1.93 bits per heavy atom. The largest absolute Gasteiger partial charge is 0.416 e. The van der Waals surface area contributed by atoms with Gasteiger partial charge in [-0.15, -0.1) is 0 Å². The summed E-state index contributed by atoms with van der Waals surface area (Å²) in [7, 11) is -1.48. The maximum absolute atomic E-state index is 11.1. The molecular formula is C11H24O2Si. The monoisotopic (exact) mass is 216 g/mol. The third kappa shape index (κ3) is 3.92. The molecule has 0 heterocycles. The van der Waals surface area contributed by atoms with E-state index in [0.717, 1.165) is 18.1 Å². The van der Waals surface area contributed by atoms with Gasteiger partial charge in [0.1, 0.15) is 5.78 Å². The van der Waals surface area contributed by atoms with Crippen LogP contribution in [0.2, 0.25) is 18.1 Å². The zero-order valence-electron chi connectivity index (χ0n) is 10.2. The highest BCUT2D eigenvalue weighted by atomic mass is 28.4. The van der Waals surface area contributed by atoms with Crippen LogP contribution < -0.4 is 0 Å². The molecule has 0 bridgehead atoms. The number of hydrogen-bond acceptors (Lipinski definition) is 2. The summed E-state index contributed by atoms with van der Waals surface area (Å²) in [5.74, 6) is 0.294. The van der Waals surface area contributed by atoms with E-state index in [2.05, 4.69) is 20.8 Å². The number of carbonyl (C=O) groups is 1. The molecule has 0 unspecified atom stereocenters. The molecule has 0 saturated heterocycles. The van der Waals surface area contributed by atoms with Crippen molar-refractivity contribution in [1.82, 2.24) is 0 Å². The molecule has 2 nitrogen and oxygen atoms in total. The molecule has 0 aromatic rings. The molecule has 14 heavy (non-hydrogen) atoms. The van der Waals surface area contributed by atoms with Crippen molar-refractivity contribution in [3.05, 3.63) is 0 Å². The first kappa shape index (κ1) is 13.8. The van der Waals surface area contributed by atoms with Crippen molar-refractivity contribution < 1.29 is 9.22 Å². The van der Waals surface area contributed by atoms with E-state index in [1.807, 2.05) is 6.92 Å². The molecule has 0 N–H and O–H groups in total. The van der Waals surface area contributed by atoms with Crippen molar-refractivity contribution >= 4 is 14.1 Å². The fourth-order valence-electron chi connectivity index (χ4n) is 1.48. The van der Waals surface area contributed by atoms with Crippen LogP contribution in [0.5, 0.6) is 0 Å². The zero-order valence-corrected chi connectivity index (χ0v) is 11.2. The van der Waals surface area contributed by atoms with Gasteiger partial charge in [-0.3, -0.25) is 4.79 Å². The molecule has 0 aliphatic heterocycles. The summed E-state index contributed by atoms with van der Waals surface area (Å²) in [6.07, 6.45) is 0. The zero-order chi connectivity index (χ0) is 11.2. The second-order valence-electron chi connectivity index (χ2n) is 4.07. The van der Waals surface area contributed by atoms with Gasteiger partial charge in [0.25, 0.3) is 0 Å². The molecule has 0 rings (SSSR count). The molecule has 0 aromatic heterocycles. The Morgan fingerprint density at radius 2 is 1.64 bits per heavy atom. The first-order chi connectivity index (χ1) is 6.51. The van der Waals surface area contributed by atoms with Crippen molar-refractivity contribution in [2.45, 2.75) is 52.8 Å². The third-order valence-electron chi connectivity index (χ3n) is 3.27. The van der Waals surface area contributed by atoms with E-state index in [4.69, 9.17) is 4.43 Å². The fourth-order valence-corrected chi connectivity index (χ4v) is 4.19. The summed E-state index contributed by atoms with van der Waals surface area (Å²) < 4.78 is 6.02. The van der Waals surface area contributed by atoms with Gasteiger partial charge in [0, 0.05) is 12.5 Å². The number of rotatable bonds is 7. The van der Waals surface area contributed by atoms with Gasteiger partial charge in [-0.1, -0.05) is 27.7 Å². The van der Waals surface area contributed by atoms with Gasteiger partial charge in [0.15, 0.2) is 8.32 Å². The minimum absolute atomic E-state index is 0.0616. The second kappa shape index (κ2) is 6.35. The first-order valence-corrected chi connectivity index (χ1v) is 8.18. The number of ketones is 1. The molecule has 0 aromatic carbocycles. The lowest BCUT2D eigenvalue weighted by Gasteiger charge is -2.29. The molecule has 3 heteroatoms. The molecule has 84 valence electrons. The molecule has 0 aliphatic rings. The van der Waals surface area contributed by atoms with E-state index in [0.29, 0.717) is 6.61 Å². The van der Waals surface area contributed by atoms with Gasteiger partial charge in [-0.2, -0.15) is 0 Å². The Bertz CT molecular complexity index is 168. The Morgan fingerprint density at radius 1 is 1.21 bits per heavy atom. The Labute approximate surface area is 89.2 Å². The number of carbonyl (C=O) groups excluding carboxylic acids is 1. The average molecular weight is 216 g/mol. The van der Waals surface area contributed by atoms with Crippen LogP contribution in [-0.2, 0) is 9.22 Å². The normalized spacial score (nSPS) is 14.1. The molecule has 0 fully saturated rings. The number of hydrogen-bond donors (Lipinski definition) is 0. The summed E-state index contributed by atoms with van der Waals surface area (Å²) >= 11 is 0. The van der Waals surface area contributed by atoms with Crippen LogP contribution >= 0.6 is 0 Å². The van der Waals surface area contributed by atoms with Gasteiger partial charge in [0.05, 0.1) is 0 Å². The van der Waals surface area contributed by atoms with Gasteiger partial charge in [-0.05, 0) is 25.1 Å². The molecule has 0 radical (unpaired) electrons. The fraction of sp³-hybridized carbons (Fsp3) is 0.909. The summed E-state index contributed by atoms with van der Waals surface area (Å²) in [5.41, 5.74) is 0. The van der Waals surface area contributed by atoms with Crippen LogP contribution in [-0.4, -0.2) is 20.7 Å². The predicted octanol–water partition coefficient (Wildman–Crippen LogP) is 3.23. The van der Waals surface area contributed by atoms with E-state index < -0.39 is 8.32 Å². The van der Waals surface area contributed by atoms with Gasteiger partial charge in [-0.25, -0.2) is 0 Å². The van der Waals surface area contributed by atoms with Crippen molar-refractivity contribution in [1.29, 1.82) is 0 Å². The first-order valence-electron chi connectivity index (χ1n) is 5.65.